The fourth-order valence-electron chi connectivity index (χ4n) is 0.746. The van der Waals surface area contributed by atoms with Gasteiger partial charge in [-0.25, -0.2) is 4.39 Å². The second-order valence-corrected chi connectivity index (χ2v) is 3.18. The van der Waals surface area contributed by atoms with Gasteiger partial charge in [0.1, 0.15) is 5.50 Å². The maximum absolute atomic E-state index is 12.2. The third kappa shape index (κ3) is 1.34. The lowest BCUT2D eigenvalue weighted by atomic mass is 10.1. The molecule has 3 heteroatoms. The highest BCUT2D eigenvalue weighted by molar-refractivity contribution is 8.00. The summed E-state index contributed by atoms with van der Waals surface area (Å²) >= 11 is 1.22. The zero-order valence-corrected chi connectivity index (χ0v) is 5.26. The molecule has 48 valence electrons. The summed E-state index contributed by atoms with van der Waals surface area (Å²) in [6.45, 7) is -0.354. The summed E-state index contributed by atoms with van der Waals surface area (Å²) in [4.78, 5) is 0. The Morgan fingerprint density at radius 3 is 2.62 bits per heavy atom. The van der Waals surface area contributed by atoms with Crippen LogP contribution in [0.1, 0.15) is 6.42 Å². The van der Waals surface area contributed by atoms with Gasteiger partial charge < -0.3 is 0 Å². The van der Waals surface area contributed by atoms with Crippen molar-refractivity contribution in [3.05, 3.63) is 0 Å². The Morgan fingerprint density at radius 1 is 1.62 bits per heavy atom. The van der Waals surface area contributed by atoms with E-state index in [-0.39, 0.29) is 12.6 Å². The molecule has 0 spiro atoms. The van der Waals surface area contributed by atoms with Crippen LogP contribution >= 0.6 is 11.8 Å². The Morgan fingerprint density at radius 2 is 2.38 bits per heavy atom. The molecule has 1 heterocycles. The number of halogens is 2. The minimum atomic E-state index is -0.796. The zero-order valence-electron chi connectivity index (χ0n) is 4.44. The number of hydrogen-bond donors (Lipinski definition) is 0. The molecule has 0 bridgehead atoms. The molecule has 0 nitrogen and oxygen atoms in total. The van der Waals surface area contributed by atoms with E-state index in [0.717, 1.165) is 0 Å². The largest absolute Gasteiger partial charge is 0.251 e. The standard InChI is InChI=1S/C5H8F2S/c6-2-4-1-5(7)8-3-4/h4-5H,1-3H2. The molecule has 0 radical (unpaired) electrons. The van der Waals surface area contributed by atoms with E-state index in [1.165, 1.54) is 11.8 Å². The van der Waals surface area contributed by atoms with Gasteiger partial charge in [0.05, 0.1) is 6.67 Å². The average molecular weight is 138 g/mol. The molecule has 0 aromatic heterocycles. The molecule has 0 aliphatic carbocycles. The molecule has 0 aromatic carbocycles. The number of alkyl halides is 2. The van der Waals surface area contributed by atoms with Crippen molar-refractivity contribution >= 4 is 11.8 Å². The maximum atomic E-state index is 12.2. The van der Waals surface area contributed by atoms with Gasteiger partial charge in [0.15, 0.2) is 0 Å². The Hall–Kier alpha value is 0.210. The number of rotatable bonds is 1. The van der Waals surface area contributed by atoms with E-state index >= 15 is 0 Å². The van der Waals surface area contributed by atoms with Crippen LogP contribution in [0, 0.1) is 5.92 Å². The summed E-state index contributed by atoms with van der Waals surface area (Å²) in [7, 11) is 0. The molecule has 1 aliphatic rings. The molecule has 0 saturated carbocycles. The highest BCUT2D eigenvalue weighted by Crippen LogP contribution is 2.31. The van der Waals surface area contributed by atoms with Crippen LogP contribution in [0.2, 0.25) is 0 Å². The first-order chi connectivity index (χ1) is 3.83. The molecular formula is C5H8F2S. The molecule has 0 N–H and O–H groups in total. The summed E-state index contributed by atoms with van der Waals surface area (Å²) in [6, 6.07) is 0. The molecule has 1 fully saturated rings. The molecule has 1 rings (SSSR count). The van der Waals surface area contributed by atoms with Crippen LogP contribution in [0.3, 0.4) is 0 Å². The van der Waals surface area contributed by atoms with Crippen molar-refractivity contribution in [1.82, 2.24) is 0 Å². The first-order valence-corrected chi connectivity index (χ1v) is 3.69. The van der Waals surface area contributed by atoms with E-state index in [4.69, 9.17) is 0 Å². The van der Waals surface area contributed by atoms with Crippen LogP contribution in [-0.4, -0.2) is 17.9 Å². The van der Waals surface area contributed by atoms with Crippen LogP contribution in [0.15, 0.2) is 0 Å². The first kappa shape index (κ1) is 6.33. The van der Waals surface area contributed by atoms with E-state index < -0.39 is 5.50 Å². The topological polar surface area (TPSA) is 0 Å². The summed E-state index contributed by atoms with van der Waals surface area (Å²) < 4.78 is 23.8. The van der Waals surface area contributed by atoms with Gasteiger partial charge in [-0.3, -0.25) is 4.39 Å². The maximum Gasteiger partial charge on any atom is 0.146 e. The van der Waals surface area contributed by atoms with E-state index in [1.54, 1.807) is 0 Å². The Bertz CT molecular complexity index is 76.8. The summed E-state index contributed by atoms with van der Waals surface area (Å²) in [5.41, 5.74) is -0.796. The minimum absolute atomic E-state index is 0.00463. The third-order valence-electron chi connectivity index (χ3n) is 1.25. The average Bonchev–Trinajstić information content (AvgIpc) is 2.14. The van der Waals surface area contributed by atoms with Gasteiger partial charge in [0, 0.05) is 5.75 Å². The van der Waals surface area contributed by atoms with Gasteiger partial charge >= 0.3 is 0 Å². The predicted molar refractivity (Wildman–Crippen MR) is 31.4 cm³/mol. The van der Waals surface area contributed by atoms with Crippen LogP contribution in [0.5, 0.6) is 0 Å². The second kappa shape index (κ2) is 2.67. The van der Waals surface area contributed by atoms with E-state index in [9.17, 15) is 8.78 Å². The van der Waals surface area contributed by atoms with Gasteiger partial charge in [-0.2, -0.15) is 0 Å². The smallest absolute Gasteiger partial charge is 0.146 e. The molecule has 1 saturated heterocycles. The lowest BCUT2D eigenvalue weighted by molar-refractivity contribution is 0.333. The quantitative estimate of drug-likeness (QED) is 0.534. The van der Waals surface area contributed by atoms with Crippen LogP contribution in [0.4, 0.5) is 8.78 Å². The lowest BCUT2D eigenvalue weighted by Gasteiger charge is -1.96. The van der Waals surface area contributed by atoms with E-state index in [0.29, 0.717) is 12.2 Å². The van der Waals surface area contributed by atoms with Gasteiger partial charge in [-0.15, -0.1) is 11.8 Å². The van der Waals surface area contributed by atoms with Gasteiger partial charge in [0.25, 0.3) is 0 Å². The zero-order chi connectivity index (χ0) is 5.98. The highest BCUT2D eigenvalue weighted by Gasteiger charge is 2.24. The fraction of sp³-hybridized carbons (Fsp3) is 1.00. The van der Waals surface area contributed by atoms with Crippen molar-refractivity contribution < 1.29 is 8.78 Å². The normalized spacial score (nSPS) is 38.2. The predicted octanol–water partition coefficient (Wildman–Crippen LogP) is 2.00. The molecule has 2 unspecified atom stereocenters. The monoisotopic (exact) mass is 138 g/mol. The number of thioether (sulfide) groups is 1. The molecule has 1 aliphatic heterocycles. The Balaban J connectivity index is 2.22. The minimum Gasteiger partial charge on any atom is -0.251 e. The molecule has 2 atom stereocenters. The van der Waals surface area contributed by atoms with Crippen molar-refractivity contribution in [1.29, 1.82) is 0 Å². The lowest BCUT2D eigenvalue weighted by Crippen LogP contribution is -1.99. The first-order valence-electron chi connectivity index (χ1n) is 2.64. The van der Waals surface area contributed by atoms with Crippen LogP contribution in [0.25, 0.3) is 0 Å². The Kier molecular flexibility index (Phi) is 2.11. The third-order valence-corrected chi connectivity index (χ3v) is 2.47. The summed E-state index contributed by atoms with van der Waals surface area (Å²) in [5.74, 6) is 0.660. The molecule has 0 amide bonds. The van der Waals surface area contributed by atoms with Crippen LogP contribution < -0.4 is 0 Å². The summed E-state index contributed by atoms with van der Waals surface area (Å²) in [5, 5.41) is 0. The van der Waals surface area contributed by atoms with Crippen molar-refractivity contribution in [3.63, 3.8) is 0 Å². The van der Waals surface area contributed by atoms with Crippen molar-refractivity contribution in [2.75, 3.05) is 12.4 Å². The van der Waals surface area contributed by atoms with E-state index in [1.807, 2.05) is 0 Å². The van der Waals surface area contributed by atoms with Crippen LogP contribution in [-0.2, 0) is 0 Å². The Labute approximate surface area is 51.6 Å². The van der Waals surface area contributed by atoms with E-state index in [2.05, 4.69) is 0 Å². The van der Waals surface area contributed by atoms with Gasteiger partial charge in [-0.1, -0.05) is 0 Å². The molecular weight excluding hydrogens is 130 g/mol. The van der Waals surface area contributed by atoms with Crippen molar-refractivity contribution in [2.24, 2.45) is 5.92 Å². The van der Waals surface area contributed by atoms with Crippen molar-refractivity contribution in [3.8, 4) is 0 Å². The molecule has 8 heavy (non-hydrogen) atoms. The second-order valence-electron chi connectivity index (χ2n) is 2.00. The van der Waals surface area contributed by atoms with Crippen molar-refractivity contribution in [2.45, 2.75) is 11.9 Å². The summed E-state index contributed by atoms with van der Waals surface area (Å²) in [6.07, 6.45) is 0.418. The SMILES string of the molecule is FCC1CSC(F)C1. The number of hydrogen-bond acceptors (Lipinski definition) is 1. The van der Waals surface area contributed by atoms with Gasteiger partial charge in [-0.05, 0) is 12.3 Å². The highest BCUT2D eigenvalue weighted by atomic mass is 32.2. The molecule has 0 aromatic rings. The fourth-order valence-corrected chi connectivity index (χ4v) is 1.86. The van der Waals surface area contributed by atoms with Gasteiger partial charge in [0.2, 0.25) is 0 Å².